The largest absolute Gasteiger partial charge is 0.344 e. The van der Waals surface area contributed by atoms with E-state index in [0.29, 0.717) is 20.6 Å². The molecule has 0 aliphatic carbocycles. The third kappa shape index (κ3) is 5.43. The number of hydrogen-bond acceptors (Lipinski definition) is 2. The van der Waals surface area contributed by atoms with Gasteiger partial charge in [-0.25, -0.2) is 0 Å². The second-order valence-corrected chi connectivity index (χ2v) is 6.01. The molecular weight excluding hydrogens is 359 g/mol. The van der Waals surface area contributed by atoms with Crippen LogP contribution in [0.15, 0.2) is 42.5 Å². The Morgan fingerprint density at radius 3 is 1.96 bits per heavy atom. The number of carbonyl (C=O) groups is 2. The lowest BCUT2D eigenvalue weighted by molar-refractivity contribution is -0.139. The normalized spacial score (nSPS) is 10.2. The molecule has 0 aliphatic heterocycles. The maximum Gasteiger partial charge on any atom is 0.309 e. The molecular formula is C16H13Cl3N2O2. The molecule has 0 bridgehead atoms. The first-order valence-corrected chi connectivity index (χ1v) is 7.83. The van der Waals surface area contributed by atoms with Crippen LogP contribution in [0.25, 0.3) is 0 Å². The molecule has 2 N–H and O–H groups in total. The van der Waals surface area contributed by atoms with Gasteiger partial charge in [0.1, 0.15) is 0 Å². The Balaban J connectivity index is 1.83. The highest BCUT2D eigenvalue weighted by molar-refractivity contribution is 6.36. The van der Waals surface area contributed by atoms with Gasteiger partial charge >= 0.3 is 11.8 Å². The van der Waals surface area contributed by atoms with Gasteiger partial charge in [0.25, 0.3) is 0 Å². The number of amides is 2. The maximum absolute atomic E-state index is 11.8. The third-order valence-corrected chi connectivity index (χ3v) is 3.87. The van der Waals surface area contributed by atoms with Crippen molar-refractivity contribution in [3.8, 4) is 0 Å². The van der Waals surface area contributed by atoms with Crippen molar-refractivity contribution >= 4 is 46.6 Å². The lowest BCUT2D eigenvalue weighted by Crippen LogP contribution is -2.39. The lowest BCUT2D eigenvalue weighted by Gasteiger charge is -2.08. The Bertz CT molecular complexity index is 718. The van der Waals surface area contributed by atoms with Gasteiger partial charge in [-0.05, 0) is 35.4 Å². The smallest absolute Gasteiger partial charge is 0.309 e. The molecule has 2 rings (SSSR count). The van der Waals surface area contributed by atoms with Gasteiger partial charge in [0.2, 0.25) is 0 Å². The van der Waals surface area contributed by atoms with Crippen molar-refractivity contribution in [2.45, 2.75) is 13.1 Å². The van der Waals surface area contributed by atoms with Crippen molar-refractivity contribution in [1.29, 1.82) is 0 Å². The molecule has 0 radical (unpaired) electrons. The van der Waals surface area contributed by atoms with E-state index in [2.05, 4.69) is 10.6 Å². The van der Waals surface area contributed by atoms with Crippen molar-refractivity contribution in [2.24, 2.45) is 0 Å². The Hall–Kier alpha value is -1.75. The van der Waals surface area contributed by atoms with Crippen molar-refractivity contribution in [3.05, 3.63) is 68.7 Å². The molecule has 2 amide bonds. The summed E-state index contributed by atoms with van der Waals surface area (Å²) in [6, 6.07) is 11.9. The standard InChI is InChI=1S/C16H13Cl3N2O2/c17-12-4-1-10(2-5-12)8-20-15(22)16(23)21-9-11-3-6-13(18)7-14(11)19/h1-7H,8-9H2,(H,20,22)(H,21,23). The highest BCUT2D eigenvalue weighted by Crippen LogP contribution is 2.20. The first kappa shape index (κ1) is 17.6. The molecule has 0 atom stereocenters. The topological polar surface area (TPSA) is 58.2 Å². The molecule has 0 aliphatic rings. The Morgan fingerprint density at radius 1 is 0.783 bits per heavy atom. The highest BCUT2D eigenvalue weighted by atomic mass is 35.5. The van der Waals surface area contributed by atoms with Crippen molar-refractivity contribution in [2.75, 3.05) is 0 Å². The summed E-state index contributed by atoms with van der Waals surface area (Å²) in [4.78, 5) is 23.5. The Kier molecular flexibility index (Phi) is 6.28. The summed E-state index contributed by atoms with van der Waals surface area (Å²) in [5, 5.41) is 6.58. The third-order valence-electron chi connectivity index (χ3n) is 3.03. The monoisotopic (exact) mass is 370 g/mol. The van der Waals surface area contributed by atoms with E-state index in [-0.39, 0.29) is 13.1 Å². The summed E-state index contributed by atoms with van der Waals surface area (Å²) in [6.45, 7) is 0.383. The second-order valence-electron chi connectivity index (χ2n) is 4.73. The predicted octanol–water partition coefficient (Wildman–Crippen LogP) is 3.58. The summed E-state index contributed by atoms with van der Waals surface area (Å²) in [5.74, 6) is -1.45. The summed E-state index contributed by atoms with van der Waals surface area (Å²) in [6.07, 6.45) is 0. The van der Waals surface area contributed by atoms with Crippen LogP contribution in [0.5, 0.6) is 0 Å². The van der Waals surface area contributed by atoms with Crippen molar-refractivity contribution < 1.29 is 9.59 Å². The minimum absolute atomic E-state index is 0.142. The minimum Gasteiger partial charge on any atom is -0.344 e. The number of rotatable bonds is 4. The second kappa shape index (κ2) is 8.20. The summed E-state index contributed by atoms with van der Waals surface area (Å²) < 4.78 is 0. The van der Waals surface area contributed by atoms with Crippen LogP contribution >= 0.6 is 34.8 Å². The summed E-state index contributed by atoms with van der Waals surface area (Å²) >= 11 is 17.6. The number of hydrogen-bond donors (Lipinski definition) is 2. The number of nitrogens with one attached hydrogen (secondary N) is 2. The first-order chi connectivity index (χ1) is 11.0. The van der Waals surface area contributed by atoms with E-state index in [1.807, 2.05) is 0 Å². The van der Waals surface area contributed by atoms with E-state index >= 15 is 0 Å². The molecule has 23 heavy (non-hydrogen) atoms. The van der Waals surface area contributed by atoms with Gasteiger partial charge in [0.15, 0.2) is 0 Å². The molecule has 0 saturated carbocycles. The Labute approximate surface area is 148 Å². The fraction of sp³-hybridized carbons (Fsp3) is 0.125. The zero-order valence-electron chi connectivity index (χ0n) is 11.9. The van der Waals surface area contributed by atoms with Gasteiger partial charge in [-0.15, -0.1) is 0 Å². The van der Waals surface area contributed by atoms with E-state index in [0.717, 1.165) is 5.56 Å². The molecule has 0 aromatic heterocycles. The molecule has 0 spiro atoms. The van der Waals surface area contributed by atoms with Crippen LogP contribution in [0.4, 0.5) is 0 Å². The summed E-state index contributed by atoms with van der Waals surface area (Å²) in [5.41, 5.74) is 1.52. The molecule has 120 valence electrons. The SMILES string of the molecule is O=C(NCc1ccc(Cl)cc1)C(=O)NCc1ccc(Cl)cc1Cl. The van der Waals surface area contributed by atoms with Gasteiger partial charge in [0, 0.05) is 28.2 Å². The maximum atomic E-state index is 11.8. The van der Waals surface area contributed by atoms with Crippen LogP contribution in [0.1, 0.15) is 11.1 Å². The average molecular weight is 372 g/mol. The zero-order chi connectivity index (χ0) is 16.8. The molecule has 0 heterocycles. The van der Waals surface area contributed by atoms with Gasteiger partial charge in [-0.2, -0.15) is 0 Å². The van der Waals surface area contributed by atoms with Crippen LogP contribution in [0.2, 0.25) is 15.1 Å². The van der Waals surface area contributed by atoms with Gasteiger partial charge in [-0.3, -0.25) is 9.59 Å². The van der Waals surface area contributed by atoms with Gasteiger partial charge in [0.05, 0.1) is 0 Å². The van der Waals surface area contributed by atoms with E-state index < -0.39 is 11.8 Å². The van der Waals surface area contributed by atoms with E-state index in [9.17, 15) is 9.59 Å². The van der Waals surface area contributed by atoms with Crippen LogP contribution in [0.3, 0.4) is 0 Å². The van der Waals surface area contributed by atoms with Gasteiger partial charge < -0.3 is 10.6 Å². The molecule has 0 saturated heterocycles. The van der Waals surface area contributed by atoms with Crippen LogP contribution in [-0.4, -0.2) is 11.8 Å². The first-order valence-electron chi connectivity index (χ1n) is 6.70. The van der Waals surface area contributed by atoms with Crippen LogP contribution < -0.4 is 10.6 Å². The molecule has 2 aromatic carbocycles. The Morgan fingerprint density at radius 2 is 1.35 bits per heavy atom. The quantitative estimate of drug-likeness (QED) is 0.807. The van der Waals surface area contributed by atoms with Crippen LogP contribution in [-0.2, 0) is 22.7 Å². The molecule has 0 unspecified atom stereocenters. The fourth-order valence-corrected chi connectivity index (χ4v) is 2.39. The zero-order valence-corrected chi connectivity index (χ0v) is 14.2. The van der Waals surface area contributed by atoms with E-state index in [1.54, 1.807) is 42.5 Å². The van der Waals surface area contributed by atoms with Crippen LogP contribution in [0, 0.1) is 0 Å². The lowest BCUT2D eigenvalue weighted by atomic mass is 10.2. The van der Waals surface area contributed by atoms with Gasteiger partial charge in [-0.1, -0.05) is 53.0 Å². The number of carbonyl (C=O) groups excluding carboxylic acids is 2. The minimum atomic E-state index is -0.731. The van der Waals surface area contributed by atoms with Crippen molar-refractivity contribution in [1.82, 2.24) is 10.6 Å². The molecule has 0 fully saturated rings. The summed E-state index contributed by atoms with van der Waals surface area (Å²) in [7, 11) is 0. The average Bonchev–Trinajstić information content (AvgIpc) is 2.53. The fourth-order valence-electron chi connectivity index (χ4n) is 1.79. The van der Waals surface area contributed by atoms with E-state index in [4.69, 9.17) is 34.8 Å². The molecule has 7 heteroatoms. The van der Waals surface area contributed by atoms with E-state index in [1.165, 1.54) is 0 Å². The molecule has 2 aromatic rings. The van der Waals surface area contributed by atoms with Crippen molar-refractivity contribution in [3.63, 3.8) is 0 Å². The number of halogens is 3. The predicted molar refractivity (Wildman–Crippen MR) is 91.6 cm³/mol. The molecule has 4 nitrogen and oxygen atoms in total. The highest BCUT2D eigenvalue weighted by Gasteiger charge is 2.13. The number of benzene rings is 2.